The van der Waals surface area contributed by atoms with Crippen LogP contribution in [0, 0.1) is 11.3 Å². The first-order chi connectivity index (χ1) is 12.7. The third-order valence-corrected chi connectivity index (χ3v) is 9.54. The Labute approximate surface area is 156 Å². The third kappa shape index (κ3) is 3.86. The molecule has 0 aromatic carbocycles. The normalized spacial score (nSPS) is 23.9. The zero-order valence-corrected chi connectivity index (χ0v) is 16.7. The van der Waals surface area contributed by atoms with Gasteiger partial charge in [-0.2, -0.15) is 0 Å². The van der Waals surface area contributed by atoms with Crippen molar-refractivity contribution in [3.05, 3.63) is 0 Å². The van der Waals surface area contributed by atoms with Gasteiger partial charge in [-0.1, -0.05) is 0 Å². The van der Waals surface area contributed by atoms with Crippen molar-refractivity contribution >= 4 is 19.6 Å². The summed E-state index contributed by atoms with van der Waals surface area (Å²) in [6.45, 7) is 7.90. The van der Waals surface area contributed by atoms with E-state index in [2.05, 4.69) is 19.2 Å². The molecule has 0 saturated carbocycles. The molecular weight excluding hydrogens is 353 g/mol. The number of esters is 1. The summed E-state index contributed by atoms with van der Waals surface area (Å²) in [6.07, 6.45) is 6.96. The number of hydrogen-bond donors (Lipinski definition) is 0. The number of oxime groups is 1. The van der Waals surface area contributed by atoms with E-state index in [1.807, 2.05) is 6.07 Å². The van der Waals surface area contributed by atoms with E-state index in [0.29, 0.717) is 0 Å². The molecule has 3 aliphatic heterocycles. The fourth-order valence-corrected chi connectivity index (χ4v) is 8.66. The molecule has 0 amide bonds. The van der Waals surface area contributed by atoms with Gasteiger partial charge in [0, 0.05) is 0 Å². The standard InChI is InChI=1S/C17H30N5O3P/c1-2-24-17(23)16(15-18)19-25-26(20-9-3-4-10-20,21-11-5-6-12-21)22-13-7-8-14-22/h26H,2-14H2,1H3/b19-16+. The summed E-state index contributed by atoms with van der Waals surface area (Å²) in [5, 5.41) is 13.4. The van der Waals surface area contributed by atoms with Crippen molar-refractivity contribution in [3.8, 4) is 6.07 Å². The van der Waals surface area contributed by atoms with Crippen LogP contribution in [0.5, 0.6) is 0 Å². The Balaban J connectivity index is 1.92. The molecule has 9 heteroatoms. The Morgan fingerprint density at radius 3 is 1.73 bits per heavy atom. The SMILES string of the molecule is CCOC(=O)/C(C#N)=N/O[PH](N1CCCC1)(N1CCCC1)N1CCCC1. The molecule has 0 aromatic rings. The average molecular weight is 383 g/mol. The van der Waals surface area contributed by atoms with Crippen LogP contribution in [0.15, 0.2) is 5.16 Å². The van der Waals surface area contributed by atoms with Gasteiger partial charge in [-0.15, -0.1) is 0 Å². The molecule has 0 atom stereocenters. The molecule has 0 aliphatic carbocycles. The number of carbonyl (C=O) groups is 1. The van der Waals surface area contributed by atoms with Crippen molar-refractivity contribution in [1.82, 2.24) is 14.0 Å². The van der Waals surface area contributed by atoms with Crippen LogP contribution < -0.4 is 0 Å². The van der Waals surface area contributed by atoms with Gasteiger partial charge in [0.2, 0.25) is 0 Å². The van der Waals surface area contributed by atoms with Crippen LogP contribution in [-0.2, 0) is 14.2 Å². The average Bonchev–Trinajstić information content (AvgIpc) is 3.43. The van der Waals surface area contributed by atoms with E-state index in [9.17, 15) is 10.1 Å². The van der Waals surface area contributed by atoms with Crippen LogP contribution in [0.1, 0.15) is 45.4 Å². The summed E-state index contributed by atoms with van der Waals surface area (Å²) in [5.74, 6) is -0.706. The van der Waals surface area contributed by atoms with Crippen LogP contribution in [-0.4, -0.2) is 71.6 Å². The number of nitriles is 1. The Bertz CT molecular complexity index is 520. The molecule has 0 bridgehead atoms. The van der Waals surface area contributed by atoms with Gasteiger partial charge in [-0.25, -0.2) is 0 Å². The van der Waals surface area contributed by atoms with Gasteiger partial charge in [-0.3, -0.25) is 0 Å². The number of rotatable bonds is 7. The van der Waals surface area contributed by atoms with Crippen molar-refractivity contribution in [2.24, 2.45) is 5.16 Å². The van der Waals surface area contributed by atoms with Crippen molar-refractivity contribution in [1.29, 1.82) is 5.26 Å². The van der Waals surface area contributed by atoms with Crippen LogP contribution in [0.4, 0.5) is 0 Å². The van der Waals surface area contributed by atoms with Gasteiger partial charge in [0.05, 0.1) is 0 Å². The van der Waals surface area contributed by atoms with E-state index in [1.165, 1.54) is 0 Å². The minimum absolute atomic E-state index is 0.215. The van der Waals surface area contributed by atoms with Crippen LogP contribution in [0.3, 0.4) is 0 Å². The van der Waals surface area contributed by atoms with Gasteiger partial charge in [-0.05, 0) is 0 Å². The monoisotopic (exact) mass is 383 g/mol. The molecule has 3 aliphatic rings. The fraction of sp³-hybridized carbons (Fsp3) is 0.824. The predicted molar refractivity (Wildman–Crippen MR) is 102 cm³/mol. The summed E-state index contributed by atoms with van der Waals surface area (Å²) in [7, 11) is -2.69. The summed E-state index contributed by atoms with van der Waals surface area (Å²) < 4.78 is 18.6. The van der Waals surface area contributed by atoms with Crippen molar-refractivity contribution in [2.75, 3.05) is 45.9 Å². The zero-order chi connectivity index (χ0) is 18.4. The van der Waals surface area contributed by atoms with E-state index in [4.69, 9.17) is 9.36 Å². The molecule has 8 nitrogen and oxygen atoms in total. The first kappa shape index (κ1) is 19.5. The van der Waals surface area contributed by atoms with Gasteiger partial charge in [0.25, 0.3) is 0 Å². The molecule has 3 saturated heterocycles. The van der Waals surface area contributed by atoms with E-state index >= 15 is 0 Å². The molecule has 0 aromatic heterocycles. The Morgan fingerprint density at radius 1 is 0.962 bits per heavy atom. The molecule has 0 N–H and O–H groups in total. The van der Waals surface area contributed by atoms with Crippen molar-refractivity contribution in [2.45, 2.75) is 45.4 Å². The van der Waals surface area contributed by atoms with Gasteiger partial charge < -0.3 is 0 Å². The number of ether oxygens (including phenoxy) is 1. The maximum absolute atomic E-state index is 12.0. The van der Waals surface area contributed by atoms with E-state index in [0.717, 1.165) is 77.8 Å². The van der Waals surface area contributed by atoms with Crippen molar-refractivity contribution in [3.63, 3.8) is 0 Å². The second kappa shape index (κ2) is 9.09. The molecule has 0 unspecified atom stereocenters. The number of hydrogen-bond acceptors (Lipinski definition) is 8. The molecule has 0 spiro atoms. The molecular formula is C17H30N5O3P. The fourth-order valence-electron chi connectivity index (χ4n) is 4.21. The Morgan fingerprint density at radius 2 is 1.38 bits per heavy atom. The van der Waals surface area contributed by atoms with Crippen LogP contribution in [0.25, 0.3) is 0 Å². The third-order valence-electron chi connectivity index (χ3n) is 5.39. The van der Waals surface area contributed by atoms with E-state index in [1.54, 1.807) is 6.92 Å². The predicted octanol–water partition coefficient (Wildman–Crippen LogP) is 2.14. The Hall–Kier alpha value is -1.26. The summed E-state index contributed by atoms with van der Waals surface area (Å²) in [6, 6.07) is 1.85. The van der Waals surface area contributed by atoms with Gasteiger partial charge >= 0.3 is 156 Å². The maximum atomic E-state index is 12.0. The first-order valence-electron chi connectivity index (χ1n) is 9.81. The van der Waals surface area contributed by atoms with Crippen LogP contribution >= 0.6 is 7.94 Å². The topological polar surface area (TPSA) is 81.4 Å². The Kier molecular flexibility index (Phi) is 6.82. The second-order valence-electron chi connectivity index (χ2n) is 7.02. The number of nitrogens with zero attached hydrogens (tertiary/aromatic N) is 5. The van der Waals surface area contributed by atoms with E-state index in [-0.39, 0.29) is 12.3 Å². The summed E-state index contributed by atoms with van der Waals surface area (Å²) in [4.78, 5) is 12.0. The molecule has 26 heavy (non-hydrogen) atoms. The first-order valence-corrected chi connectivity index (χ1v) is 11.6. The molecule has 3 heterocycles. The number of carbonyl (C=O) groups excluding carboxylic acids is 1. The molecule has 3 rings (SSSR count). The summed E-state index contributed by atoms with van der Waals surface area (Å²) >= 11 is 0. The van der Waals surface area contributed by atoms with Gasteiger partial charge in [0.15, 0.2) is 0 Å². The zero-order valence-electron chi connectivity index (χ0n) is 15.7. The van der Waals surface area contributed by atoms with Crippen molar-refractivity contribution < 1.29 is 14.2 Å². The summed E-state index contributed by atoms with van der Waals surface area (Å²) in [5.41, 5.74) is -0.290. The van der Waals surface area contributed by atoms with Gasteiger partial charge in [0.1, 0.15) is 0 Å². The minimum atomic E-state index is -2.69. The quantitative estimate of drug-likeness (QED) is 0.288. The van der Waals surface area contributed by atoms with E-state index < -0.39 is 13.9 Å². The van der Waals surface area contributed by atoms with Crippen LogP contribution in [0.2, 0.25) is 0 Å². The molecule has 3 fully saturated rings. The second-order valence-corrected chi connectivity index (χ2v) is 10.2. The molecule has 146 valence electrons. The molecule has 0 radical (unpaired) electrons.